The molecule has 25 heavy (non-hydrogen) atoms. The Bertz CT molecular complexity index is 772. The molecule has 0 radical (unpaired) electrons. The van der Waals surface area contributed by atoms with Gasteiger partial charge in [-0.3, -0.25) is 4.79 Å². The zero-order chi connectivity index (χ0) is 17.6. The Morgan fingerprint density at radius 1 is 1.20 bits per heavy atom. The zero-order valence-corrected chi connectivity index (χ0v) is 14.8. The summed E-state index contributed by atoms with van der Waals surface area (Å²) in [4.78, 5) is 25.0. The molecule has 2 aromatic rings. The number of piperazine rings is 1. The molecule has 1 aliphatic rings. The minimum atomic E-state index is -0.261. The average molecular weight is 358 g/mol. The number of amides is 1. The number of hydrogen-bond acceptors (Lipinski definition) is 5. The number of hydrogen-bond donors (Lipinski definition) is 1. The van der Waals surface area contributed by atoms with Crippen LogP contribution in [0.15, 0.2) is 42.7 Å². The van der Waals surface area contributed by atoms with E-state index in [2.05, 4.69) is 32.1 Å². The number of halogens is 1. The van der Waals surface area contributed by atoms with Gasteiger partial charge in [0.05, 0.1) is 0 Å². The Morgan fingerprint density at radius 3 is 2.72 bits per heavy atom. The number of likely N-dealkylation sites (N-methyl/N-ethyl adjacent to an activating group) is 1. The fourth-order valence-corrected chi connectivity index (χ4v) is 2.77. The summed E-state index contributed by atoms with van der Waals surface area (Å²) < 4.78 is 0. The molecule has 3 rings (SSSR count). The Balaban J connectivity index is 1.64. The van der Waals surface area contributed by atoms with Gasteiger partial charge in [0.1, 0.15) is 18.0 Å². The maximum absolute atomic E-state index is 12.1. The van der Waals surface area contributed by atoms with E-state index in [1.165, 1.54) is 12.4 Å². The summed E-state index contributed by atoms with van der Waals surface area (Å²) in [6.07, 6.45) is 4.60. The van der Waals surface area contributed by atoms with E-state index in [0.29, 0.717) is 10.8 Å². The molecule has 7 heteroatoms. The van der Waals surface area contributed by atoms with Crippen LogP contribution < -0.4 is 10.2 Å². The largest absolute Gasteiger partial charge is 0.354 e. The lowest BCUT2D eigenvalue weighted by molar-refractivity contribution is -0.111. The van der Waals surface area contributed by atoms with Crippen molar-refractivity contribution < 1.29 is 4.79 Å². The van der Waals surface area contributed by atoms with Crippen molar-refractivity contribution in [1.29, 1.82) is 0 Å². The molecule has 2 heterocycles. The van der Waals surface area contributed by atoms with Gasteiger partial charge in [0, 0.05) is 43.3 Å². The standard InChI is InChI=1S/C18H20ClN5O/c1-23-8-10-24(11-9-23)17-12-16(20-13-21-17)22-18(25)7-6-14-4-2-3-5-15(14)19/h2-7,12-13H,8-11H2,1H3,(H,20,21,22,25). The third kappa shape index (κ3) is 4.78. The monoisotopic (exact) mass is 357 g/mol. The van der Waals surface area contributed by atoms with Crippen molar-refractivity contribution in [3.05, 3.63) is 53.3 Å². The summed E-state index contributed by atoms with van der Waals surface area (Å²) in [5.74, 6) is 1.05. The summed E-state index contributed by atoms with van der Waals surface area (Å²) in [5, 5.41) is 3.37. The van der Waals surface area contributed by atoms with E-state index in [-0.39, 0.29) is 5.91 Å². The first-order valence-electron chi connectivity index (χ1n) is 8.11. The van der Waals surface area contributed by atoms with E-state index < -0.39 is 0 Å². The number of benzene rings is 1. The molecule has 1 N–H and O–H groups in total. The summed E-state index contributed by atoms with van der Waals surface area (Å²) in [7, 11) is 2.11. The SMILES string of the molecule is CN1CCN(c2cc(NC(=O)C=Cc3ccccc3Cl)ncn2)CC1. The number of anilines is 2. The topological polar surface area (TPSA) is 61.4 Å². The predicted molar refractivity (Wildman–Crippen MR) is 101 cm³/mol. The minimum Gasteiger partial charge on any atom is -0.354 e. The summed E-state index contributed by atoms with van der Waals surface area (Å²) in [5.41, 5.74) is 0.792. The zero-order valence-electron chi connectivity index (χ0n) is 14.0. The van der Waals surface area contributed by atoms with E-state index >= 15 is 0 Å². The van der Waals surface area contributed by atoms with Crippen molar-refractivity contribution >= 4 is 35.2 Å². The quantitative estimate of drug-likeness (QED) is 0.852. The predicted octanol–water partition coefficient (Wildman–Crippen LogP) is 2.53. The summed E-state index contributed by atoms with van der Waals surface area (Å²) in [6.45, 7) is 3.80. The highest BCUT2D eigenvalue weighted by Crippen LogP contribution is 2.17. The second-order valence-corrected chi connectivity index (χ2v) is 6.30. The molecule has 130 valence electrons. The van der Waals surface area contributed by atoms with Crippen molar-refractivity contribution in [2.24, 2.45) is 0 Å². The molecule has 1 aliphatic heterocycles. The van der Waals surface area contributed by atoms with Gasteiger partial charge < -0.3 is 15.1 Å². The van der Waals surface area contributed by atoms with Crippen LogP contribution in [0, 0.1) is 0 Å². The van der Waals surface area contributed by atoms with Gasteiger partial charge in [-0.25, -0.2) is 9.97 Å². The maximum Gasteiger partial charge on any atom is 0.249 e. The van der Waals surface area contributed by atoms with Crippen molar-refractivity contribution in [1.82, 2.24) is 14.9 Å². The Hall–Kier alpha value is -2.44. The first-order valence-corrected chi connectivity index (χ1v) is 8.49. The molecule has 0 aliphatic carbocycles. The highest BCUT2D eigenvalue weighted by atomic mass is 35.5. The molecule has 0 saturated carbocycles. The number of nitrogens with one attached hydrogen (secondary N) is 1. The van der Waals surface area contributed by atoms with Crippen LogP contribution in [-0.2, 0) is 4.79 Å². The van der Waals surface area contributed by atoms with E-state index in [4.69, 9.17) is 11.6 Å². The molecule has 1 amide bonds. The van der Waals surface area contributed by atoms with Crippen molar-refractivity contribution in [2.75, 3.05) is 43.4 Å². The Kier molecular flexibility index (Phi) is 5.63. The van der Waals surface area contributed by atoms with Crippen LogP contribution in [0.3, 0.4) is 0 Å². The highest BCUT2D eigenvalue weighted by molar-refractivity contribution is 6.32. The molecule has 6 nitrogen and oxygen atoms in total. The van der Waals surface area contributed by atoms with E-state index in [1.807, 2.05) is 18.2 Å². The Labute approximate surface area is 152 Å². The molecule has 0 spiro atoms. The van der Waals surface area contributed by atoms with Gasteiger partial charge in [0.2, 0.25) is 5.91 Å². The van der Waals surface area contributed by atoms with E-state index in [1.54, 1.807) is 18.2 Å². The average Bonchev–Trinajstić information content (AvgIpc) is 2.62. The number of carbonyl (C=O) groups is 1. The summed E-state index contributed by atoms with van der Waals surface area (Å²) in [6, 6.07) is 9.15. The minimum absolute atomic E-state index is 0.261. The first kappa shape index (κ1) is 17.4. The molecular weight excluding hydrogens is 338 g/mol. The van der Waals surface area contributed by atoms with Gasteiger partial charge in [0.25, 0.3) is 0 Å². The molecular formula is C18H20ClN5O. The first-order chi connectivity index (χ1) is 12.1. The van der Waals surface area contributed by atoms with Gasteiger partial charge in [-0.2, -0.15) is 0 Å². The van der Waals surface area contributed by atoms with Gasteiger partial charge in [-0.1, -0.05) is 29.8 Å². The number of aromatic nitrogens is 2. The molecule has 0 bridgehead atoms. The molecule has 1 fully saturated rings. The lowest BCUT2D eigenvalue weighted by atomic mass is 10.2. The van der Waals surface area contributed by atoms with Gasteiger partial charge in [0.15, 0.2) is 0 Å². The van der Waals surface area contributed by atoms with Gasteiger partial charge in [-0.15, -0.1) is 0 Å². The van der Waals surface area contributed by atoms with Crippen molar-refractivity contribution in [2.45, 2.75) is 0 Å². The molecule has 0 unspecified atom stereocenters. The second-order valence-electron chi connectivity index (χ2n) is 5.90. The molecule has 1 aromatic carbocycles. The lowest BCUT2D eigenvalue weighted by Gasteiger charge is -2.33. The third-order valence-electron chi connectivity index (χ3n) is 4.05. The van der Waals surface area contributed by atoms with Crippen LogP contribution >= 0.6 is 11.6 Å². The maximum atomic E-state index is 12.1. The fourth-order valence-electron chi connectivity index (χ4n) is 2.57. The Morgan fingerprint density at radius 2 is 1.96 bits per heavy atom. The van der Waals surface area contributed by atoms with Gasteiger partial charge >= 0.3 is 0 Å². The normalized spacial score (nSPS) is 15.5. The number of carbonyl (C=O) groups excluding carboxylic acids is 1. The van der Waals surface area contributed by atoms with E-state index in [0.717, 1.165) is 37.6 Å². The molecule has 1 saturated heterocycles. The van der Waals surface area contributed by atoms with Crippen LogP contribution in [-0.4, -0.2) is 54.0 Å². The summed E-state index contributed by atoms with van der Waals surface area (Å²) >= 11 is 6.07. The second kappa shape index (κ2) is 8.09. The highest BCUT2D eigenvalue weighted by Gasteiger charge is 2.15. The van der Waals surface area contributed by atoms with Crippen molar-refractivity contribution in [3.63, 3.8) is 0 Å². The fraction of sp³-hybridized carbons (Fsp3) is 0.278. The molecule has 0 atom stereocenters. The van der Waals surface area contributed by atoms with Crippen LogP contribution in [0.4, 0.5) is 11.6 Å². The van der Waals surface area contributed by atoms with Crippen LogP contribution in [0.1, 0.15) is 5.56 Å². The smallest absolute Gasteiger partial charge is 0.249 e. The molecule has 1 aromatic heterocycles. The number of rotatable bonds is 4. The van der Waals surface area contributed by atoms with Crippen molar-refractivity contribution in [3.8, 4) is 0 Å². The van der Waals surface area contributed by atoms with E-state index in [9.17, 15) is 4.79 Å². The number of nitrogens with zero attached hydrogens (tertiary/aromatic N) is 4. The van der Waals surface area contributed by atoms with Crippen LogP contribution in [0.5, 0.6) is 0 Å². The third-order valence-corrected chi connectivity index (χ3v) is 4.39. The van der Waals surface area contributed by atoms with Crippen LogP contribution in [0.2, 0.25) is 5.02 Å². The van der Waals surface area contributed by atoms with Gasteiger partial charge in [-0.05, 0) is 24.8 Å². The lowest BCUT2D eigenvalue weighted by Crippen LogP contribution is -2.44. The van der Waals surface area contributed by atoms with Crippen LogP contribution in [0.25, 0.3) is 6.08 Å².